The first-order chi connectivity index (χ1) is 22.2. The maximum Gasteiger partial charge on any atom is 0.410 e. The van der Waals surface area contributed by atoms with Crippen molar-refractivity contribution in [3.63, 3.8) is 0 Å². The number of rotatable bonds is 11. The van der Waals surface area contributed by atoms with Crippen LogP contribution in [0.3, 0.4) is 0 Å². The first kappa shape index (κ1) is 33.0. The van der Waals surface area contributed by atoms with Gasteiger partial charge < -0.3 is 28.6 Å². The van der Waals surface area contributed by atoms with E-state index in [9.17, 15) is 9.59 Å². The number of piperidine rings is 1. The van der Waals surface area contributed by atoms with E-state index in [2.05, 4.69) is 30.3 Å². The molecule has 5 rings (SSSR count). The minimum Gasteiger partial charge on any atom is -0.490 e. The molecule has 1 heterocycles. The van der Waals surface area contributed by atoms with Crippen molar-refractivity contribution in [1.82, 2.24) is 4.90 Å². The molecule has 1 aliphatic rings. The number of hydrogen-bond donors (Lipinski definition) is 0. The molecule has 0 saturated carbocycles. The predicted molar refractivity (Wildman–Crippen MR) is 177 cm³/mol. The van der Waals surface area contributed by atoms with Crippen LogP contribution in [-0.2, 0) is 25.6 Å². The van der Waals surface area contributed by atoms with E-state index in [0.717, 1.165) is 22.9 Å². The molecule has 0 spiro atoms. The summed E-state index contributed by atoms with van der Waals surface area (Å²) in [6, 6.07) is 31.4. The molecule has 8 nitrogen and oxygen atoms in total. The molecule has 0 N–H and O–H groups in total. The molecule has 4 aromatic rings. The summed E-state index contributed by atoms with van der Waals surface area (Å²) < 4.78 is 29.1. The lowest BCUT2D eigenvalue weighted by molar-refractivity contribution is -0.0359. The van der Waals surface area contributed by atoms with Crippen LogP contribution < -0.4 is 4.74 Å². The molecule has 0 radical (unpaired) electrons. The van der Waals surface area contributed by atoms with Gasteiger partial charge in [0.1, 0.15) is 18.0 Å². The minimum atomic E-state index is -0.576. The summed E-state index contributed by atoms with van der Waals surface area (Å²) >= 11 is 0. The molecule has 242 valence electrons. The van der Waals surface area contributed by atoms with Crippen molar-refractivity contribution in [2.45, 2.75) is 57.5 Å². The van der Waals surface area contributed by atoms with Gasteiger partial charge in [0.2, 0.25) is 0 Å². The van der Waals surface area contributed by atoms with Gasteiger partial charge in [0, 0.05) is 19.6 Å². The van der Waals surface area contributed by atoms with Crippen molar-refractivity contribution in [2.24, 2.45) is 0 Å². The first-order valence-corrected chi connectivity index (χ1v) is 15.7. The molecule has 8 heteroatoms. The van der Waals surface area contributed by atoms with E-state index in [1.54, 1.807) is 36.3 Å². The Morgan fingerprint density at radius 2 is 1.59 bits per heavy atom. The SMILES string of the molecule is COCC(COc1ccc(C2CCN(C(=O)OC(C)(C)C)CC2OCc2ccc3ccccc3c2)cc1)OC(=O)c1ccccc1. The molecule has 1 aliphatic heterocycles. The smallest absolute Gasteiger partial charge is 0.410 e. The van der Waals surface area contributed by atoms with Gasteiger partial charge in [-0.25, -0.2) is 9.59 Å². The minimum absolute atomic E-state index is 0.0706. The van der Waals surface area contributed by atoms with Crippen LogP contribution >= 0.6 is 0 Å². The van der Waals surface area contributed by atoms with Gasteiger partial charge in [0.15, 0.2) is 6.10 Å². The molecule has 0 aliphatic carbocycles. The van der Waals surface area contributed by atoms with Gasteiger partial charge in [-0.2, -0.15) is 0 Å². The second-order valence-electron chi connectivity index (χ2n) is 12.6. The van der Waals surface area contributed by atoms with Crippen LogP contribution in [0.15, 0.2) is 97.1 Å². The highest BCUT2D eigenvalue weighted by Gasteiger charge is 2.35. The number of fused-ring (bicyclic) bond motifs is 1. The molecular formula is C38H43NO7. The zero-order valence-corrected chi connectivity index (χ0v) is 27.0. The van der Waals surface area contributed by atoms with E-state index in [1.807, 2.05) is 63.2 Å². The summed E-state index contributed by atoms with van der Waals surface area (Å²) in [5, 5.41) is 2.35. The van der Waals surface area contributed by atoms with Crippen molar-refractivity contribution in [3.8, 4) is 5.75 Å². The number of esters is 1. The Labute approximate surface area is 271 Å². The van der Waals surface area contributed by atoms with Crippen LogP contribution in [0.5, 0.6) is 5.75 Å². The Balaban J connectivity index is 1.25. The summed E-state index contributed by atoms with van der Waals surface area (Å²) in [5.74, 6) is 0.302. The largest absolute Gasteiger partial charge is 0.490 e. The summed E-state index contributed by atoms with van der Waals surface area (Å²) in [5.41, 5.74) is 2.08. The molecule has 1 saturated heterocycles. The van der Waals surface area contributed by atoms with Crippen LogP contribution in [0.2, 0.25) is 0 Å². The quantitative estimate of drug-likeness (QED) is 0.161. The average molecular weight is 626 g/mol. The van der Waals surface area contributed by atoms with Crippen LogP contribution in [-0.4, -0.2) is 68.2 Å². The normalized spacial score (nSPS) is 17.3. The maximum atomic E-state index is 13.0. The van der Waals surface area contributed by atoms with Crippen molar-refractivity contribution < 1.29 is 33.3 Å². The second kappa shape index (κ2) is 15.3. The van der Waals surface area contributed by atoms with Gasteiger partial charge in [-0.1, -0.05) is 66.7 Å². The third kappa shape index (κ3) is 9.08. The van der Waals surface area contributed by atoms with Gasteiger partial charge in [0.05, 0.1) is 31.4 Å². The predicted octanol–water partition coefficient (Wildman–Crippen LogP) is 7.40. The number of benzene rings is 4. The number of hydrogen-bond acceptors (Lipinski definition) is 7. The number of amides is 1. The number of methoxy groups -OCH3 is 1. The third-order valence-electron chi connectivity index (χ3n) is 7.87. The molecule has 0 aromatic heterocycles. The number of ether oxygens (including phenoxy) is 5. The summed E-state index contributed by atoms with van der Waals surface area (Å²) in [6.07, 6.45) is -0.397. The van der Waals surface area contributed by atoms with Crippen LogP contribution in [0.1, 0.15) is 54.6 Å². The average Bonchev–Trinajstić information content (AvgIpc) is 3.06. The zero-order valence-electron chi connectivity index (χ0n) is 27.0. The standard InChI is InChI=1S/C38H43NO7/c1-38(2,3)46-37(41)39-21-20-34(35(23-39)44-24-27-14-15-28-10-8-9-13-31(28)22-27)29-16-18-32(19-17-29)43-26-33(25-42-4)45-36(40)30-11-6-5-7-12-30/h5-19,22,33-35H,20-21,23-26H2,1-4H3. The lowest BCUT2D eigenvalue weighted by Gasteiger charge is -2.39. The monoisotopic (exact) mass is 625 g/mol. The Morgan fingerprint density at radius 3 is 2.30 bits per heavy atom. The molecule has 46 heavy (non-hydrogen) atoms. The van der Waals surface area contributed by atoms with Gasteiger partial charge in [-0.05, 0) is 79.4 Å². The fourth-order valence-electron chi connectivity index (χ4n) is 5.59. The summed E-state index contributed by atoms with van der Waals surface area (Å²) in [4.78, 5) is 27.3. The van der Waals surface area contributed by atoms with E-state index in [-0.39, 0.29) is 31.3 Å². The van der Waals surface area contributed by atoms with Gasteiger partial charge >= 0.3 is 12.1 Å². The van der Waals surface area contributed by atoms with Crippen molar-refractivity contribution in [1.29, 1.82) is 0 Å². The second-order valence-corrected chi connectivity index (χ2v) is 12.6. The van der Waals surface area contributed by atoms with E-state index in [0.29, 0.717) is 31.0 Å². The molecule has 3 unspecified atom stereocenters. The topological polar surface area (TPSA) is 83.5 Å². The van der Waals surface area contributed by atoms with Gasteiger partial charge in [-0.15, -0.1) is 0 Å². The highest BCUT2D eigenvalue weighted by atomic mass is 16.6. The Bertz CT molecular complexity index is 1580. The first-order valence-electron chi connectivity index (χ1n) is 15.7. The summed E-state index contributed by atoms with van der Waals surface area (Å²) in [7, 11) is 1.56. The molecular weight excluding hydrogens is 582 g/mol. The molecule has 0 bridgehead atoms. The number of carbonyl (C=O) groups excluding carboxylic acids is 2. The lowest BCUT2D eigenvalue weighted by Crippen LogP contribution is -2.48. The zero-order chi connectivity index (χ0) is 32.5. The van der Waals surface area contributed by atoms with Gasteiger partial charge in [0.25, 0.3) is 0 Å². The summed E-state index contributed by atoms with van der Waals surface area (Å²) in [6.45, 7) is 7.41. The van der Waals surface area contributed by atoms with Crippen LogP contribution in [0.4, 0.5) is 4.79 Å². The van der Waals surface area contributed by atoms with Crippen molar-refractivity contribution >= 4 is 22.8 Å². The molecule has 1 fully saturated rings. The van der Waals surface area contributed by atoms with Crippen molar-refractivity contribution in [2.75, 3.05) is 33.4 Å². The lowest BCUT2D eigenvalue weighted by atomic mass is 9.87. The third-order valence-corrected chi connectivity index (χ3v) is 7.87. The Hall–Kier alpha value is -4.40. The van der Waals surface area contributed by atoms with E-state index < -0.39 is 17.7 Å². The number of carbonyl (C=O) groups is 2. The molecule has 1 amide bonds. The highest BCUT2D eigenvalue weighted by Crippen LogP contribution is 2.33. The molecule has 3 atom stereocenters. The fraction of sp³-hybridized carbons (Fsp3) is 0.368. The van der Waals surface area contributed by atoms with E-state index >= 15 is 0 Å². The Kier molecular flexibility index (Phi) is 10.9. The maximum absolute atomic E-state index is 13.0. The Morgan fingerprint density at radius 1 is 0.870 bits per heavy atom. The molecule has 4 aromatic carbocycles. The van der Waals surface area contributed by atoms with Crippen molar-refractivity contribution in [3.05, 3.63) is 114 Å². The van der Waals surface area contributed by atoms with E-state index in [4.69, 9.17) is 23.7 Å². The fourth-order valence-corrected chi connectivity index (χ4v) is 5.59. The highest BCUT2D eigenvalue weighted by molar-refractivity contribution is 5.89. The van der Waals surface area contributed by atoms with Gasteiger partial charge in [-0.3, -0.25) is 0 Å². The van der Waals surface area contributed by atoms with Crippen LogP contribution in [0.25, 0.3) is 10.8 Å². The number of likely N-dealkylation sites (tertiary alicyclic amines) is 1. The van der Waals surface area contributed by atoms with Crippen LogP contribution in [0, 0.1) is 0 Å². The number of nitrogens with zero attached hydrogens (tertiary/aromatic N) is 1. The van der Waals surface area contributed by atoms with E-state index in [1.165, 1.54) is 5.39 Å².